The SMILES string of the molecule is Cc1ccc(C(=O)N2Cc3ccccc3C2)cc1NC(=O)c1cc(C)n(C)n1. The van der Waals surface area contributed by atoms with Crippen molar-refractivity contribution in [3.8, 4) is 0 Å². The summed E-state index contributed by atoms with van der Waals surface area (Å²) in [6.07, 6.45) is 0. The third-order valence-corrected chi connectivity index (χ3v) is 5.21. The lowest BCUT2D eigenvalue weighted by Crippen LogP contribution is -2.25. The average Bonchev–Trinajstić information content (AvgIpc) is 3.26. The summed E-state index contributed by atoms with van der Waals surface area (Å²) in [6.45, 7) is 5.01. The molecule has 1 aliphatic rings. The smallest absolute Gasteiger partial charge is 0.276 e. The fraction of sp³-hybridized carbons (Fsp3) is 0.227. The molecule has 1 N–H and O–H groups in total. The Kier molecular flexibility index (Phi) is 4.47. The van der Waals surface area contributed by atoms with Gasteiger partial charge in [0.25, 0.3) is 11.8 Å². The van der Waals surface area contributed by atoms with E-state index in [1.807, 2.05) is 36.9 Å². The highest BCUT2D eigenvalue weighted by atomic mass is 16.2. The minimum atomic E-state index is -0.287. The van der Waals surface area contributed by atoms with Crippen molar-refractivity contribution in [1.82, 2.24) is 14.7 Å². The molecule has 0 bridgehead atoms. The van der Waals surface area contributed by atoms with E-state index in [2.05, 4.69) is 22.5 Å². The van der Waals surface area contributed by atoms with Crippen molar-refractivity contribution < 1.29 is 9.59 Å². The number of fused-ring (bicyclic) bond motifs is 1. The molecule has 1 aromatic heterocycles. The fourth-order valence-corrected chi connectivity index (χ4v) is 3.41. The molecule has 28 heavy (non-hydrogen) atoms. The van der Waals surface area contributed by atoms with Crippen LogP contribution in [0.2, 0.25) is 0 Å². The van der Waals surface area contributed by atoms with Crippen LogP contribution in [0.5, 0.6) is 0 Å². The molecule has 6 nitrogen and oxygen atoms in total. The standard InChI is InChI=1S/C22H22N4O2/c1-14-8-9-16(22(28)26-12-17-6-4-5-7-18(17)13-26)11-19(14)23-21(27)20-10-15(2)25(3)24-20/h4-11H,12-13H2,1-3H3,(H,23,27). The van der Waals surface area contributed by atoms with Crippen molar-refractivity contribution in [3.05, 3.63) is 82.2 Å². The van der Waals surface area contributed by atoms with E-state index < -0.39 is 0 Å². The van der Waals surface area contributed by atoms with Crippen LogP contribution in [-0.2, 0) is 20.1 Å². The first-order chi connectivity index (χ1) is 13.4. The van der Waals surface area contributed by atoms with Gasteiger partial charge < -0.3 is 10.2 Å². The van der Waals surface area contributed by atoms with Gasteiger partial charge in [-0.1, -0.05) is 30.3 Å². The van der Waals surface area contributed by atoms with Crippen LogP contribution in [-0.4, -0.2) is 26.5 Å². The molecule has 6 heteroatoms. The van der Waals surface area contributed by atoms with Crippen LogP contribution in [0.25, 0.3) is 0 Å². The van der Waals surface area contributed by atoms with Crippen LogP contribution >= 0.6 is 0 Å². The summed E-state index contributed by atoms with van der Waals surface area (Å²) in [5.74, 6) is -0.328. The van der Waals surface area contributed by atoms with Gasteiger partial charge >= 0.3 is 0 Å². The molecule has 0 radical (unpaired) electrons. The maximum Gasteiger partial charge on any atom is 0.276 e. The molecule has 0 aliphatic carbocycles. The van der Waals surface area contributed by atoms with E-state index in [9.17, 15) is 9.59 Å². The van der Waals surface area contributed by atoms with Gasteiger partial charge in [-0.3, -0.25) is 14.3 Å². The van der Waals surface area contributed by atoms with Crippen LogP contribution in [0.15, 0.2) is 48.5 Å². The van der Waals surface area contributed by atoms with E-state index in [1.165, 1.54) is 11.1 Å². The van der Waals surface area contributed by atoms with Gasteiger partial charge in [0.15, 0.2) is 5.69 Å². The molecule has 3 aromatic rings. The number of nitrogens with one attached hydrogen (secondary N) is 1. The van der Waals surface area contributed by atoms with Crippen molar-refractivity contribution >= 4 is 17.5 Å². The minimum Gasteiger partial charge on any atom is -0.330 e. The molecule has 2 heterocycles. The molecule has 0 spiro atoms. The third-order valence-electron chi connectivity index (χ3n) is 5.21. The molecule has 142 valence electrons. The number of amides is 2. The molecule has 0 saturated carbocycles. The molecule has 1 aliphatic heterocycles. The van der Waals surface area contributed by atoms with Crippen LogP contribution in [0.1, 0.15) is 43.2 Å². The predicted octanol–water partition coefficient (Wildman–Crippen LogP) is 3.45. The first kappa shape index (κ1) is 18.0. The van der Waals surface area contributed by atoms with Gasteiger partial charge in [0.05, 0.1) is 0 Å². The van der Waals surface area contributed by atoms with Gasteiger partial charge in [0.2, 0.25) is 0 Å². The van der Waals surface area contributed by atoms with Crippen molar-refractivity contribution in [2.24, 2.45) is 7.05 Å². The molecule has 0 fully saturated rings. The molecule has 4 rings (SSSR count). The zero-order chi connectivity index (χ0) is 19.8. The first-order valence-corrected chi connectivity index (χ1v) is 9.21. The number of rotatable bonds is 3. The number of anilines is 1. The highest BCUT2D eigenvalue weighted by molar-refractivity contribution is 6.04. The first-order valence-electron chi connectivity index (χ1n) is 9.21. The Balaban J connectivity index is 1.54. The van der Waals surface area contributed by atoms with Gasteiger partial charge in [-0.25, -0.2) is 0 Å². The second kappa shape index (κ2) is 6.96. The summed E-state index contributed by atoms with van der Waals surface area (Å²) in [7, 11) is 1.80. The Labute approximate surface area is 163 Å². The van der Waals surface area contributed by atoms with E-state index in [4.69, 9.17) is 0 Å². The monoisotopic (exact) mass is 374 g/mol. The molecular weight excluding hydrogens is 352 g/mol. The number of carbonyl (C=O) groups is 2. The van der Waals surface area contributed by atoms with E-state index in [0.717, 1.165) is 11.3 Å². The summed E-state index contributed by atoms with van der Waals surface area (Å²) in [4.78, 5) is 27.3. The number of hydrogen-bond donors (Lipinski definition) is 1. The minimum absolute atomic E-state index is 0.0413. The third kappa shape index (κ3) is 3.29. The van der Waals surface area contributed by atoms with Crippen LogP contribution in [0, 0.1) is 13.8 Å². The lowest BCUT2D eigenvalue weighted by Gasteiger charge is -2.17. The van der Waals surface area contributed by atoms with Gasteiger partial charge in [0, 0.05) is 37.1 Å². The molecule has 0 saturated heterocycles. The summed E-state index contributed by atoms with van der Waals surface area (Å²) >= 11 is 0. The number of aromatic nitrogens is 2. The van der Waals surface area contributed by atoms with Crippen molar-refractivity contribution in [2.75, 3.05) is 5.32 Å². The van der Waals surface area contributed by atoms with E-state index in [-0.39, 0.29) is 11.8 Å². The van der Waals surface area contributed by atoms with Gasteiger partial charge in [-0.15, -0.1) is 0 Å². The molecule has 0 unspecified atom stereocenters. The Hall–Kier alpha value is -3.41. The quantitative estimate of drug-likeness (QED) is 0.764. The number of hydrogen-bond acceptors (Lipinski definition) is 3. The number of carbonyl (C=O) groups excluding carboxylic acids is 2. The molecule has 2 amide bonds. The van der Waals surface area contributed by atoms with Crippen LogP contribution < -0.4 is 5.32 Å². The van der Waals surface area contributed by atoms with Gasteiger partial charge in [0.1, 0.15) is 0 Å². The molecule has 0 atom stereocenters. The lowest BCUT2D eigenvalue weighted by molar-refractivity contribution is 0.0751. The fourth-order valence-electron chi connectivity index (χ4n) is 3.41. The Bertz CT molecular complexity index is 1040. The summed E-state index contributed by atoms with van der Waals surface area (Å²) in [5.41, 5.74) is 5.69. The highest BCUT2D eigenvalue weighted by Crippen LogP contribution is 2.25. The van der Waals surface area contributed by atoms with E-state index >= 15 is 0 Å². The highest BCUT2D eigenvalue weighted by Gasteiger charge is 2.24. The van der Waals surface area contributed by atoms with Crippen molar-refractivity contribution in [3.63, 3.8) is 0 Å². The second-order valence-corrected chi connectivity index (χ2v) is 7.21. The maximum absolute atomic E-state index is 13.0. The van der Waals surface area contributed by atoms with Gasteiger partial charge in [-0.2, -0.15) is 5.10 Å². The Morgan fingerprint density at radius 1 is 1.00 bits per heavy atom. The van der Waals surface area contributed by atoms with Crippen molar-refractivity contribution in [1.29, 1.82) is 0 Å². The van der Waals surface area contributed by atoms with Crippen LogP contribution in [0.3, 0.4) is 0 Å². The number of nitrogens with zero attached hydrogens (tertiary/aromatic N) is 3. The molecule has 2 aromatic carbocycles. The number of benzene rings is 2. The van der Waals surface area contributed by atoms with E-state index in [1.54, 1.807) is 29.9 Å². The second-order valence-electron chi connectivity index (χ2n) is 7.21. The topological polar surface area (TPSA) is 67.2 Å². The zero-order valence-corrected chi connectivity index (χ0v) is 16.2. The Morgan fingerprint density at radius 3 is 2.29 bits per heavy atom. The Morgan fingerprint density at radius 2 is 1.68 bits per heavy atom. The maximum atomic E-state index is 13.0. The van der Waals surface area contributed by atoms with E-state index in [0.29, 0.717) is 30.0 Å². The normalized spacial score (nSPS) is 12.8. The summed E-state index contributed by atoms with van der Waals surface area (Å²) < 4.78 is 1.66. The summed E-state index contributed by atoms with van der Waals surface area (Å²) in [6, 6.07) is 15.2. The predicted molar refractivity (Wildman–Crippen MR) is 107 cm³/mol. The van der Waals surface area contributed by atoms with Gasteiger partial charge in [-0.05, 0) is 48.7 Å². The van der Waals surface area contributed by atoms with Crippen LogP contribution in [0.4, 0.5) is 5.69 Å². The lowest BCUT2D eigenvalue weighted by atomic mass is 10.1. The zero-order valence-electron chi connectivity index (χ0n) is 16.2. The van der Waals surface area contributed by atoms with Crippen molar-refractivity contribution in [2.45, 2.75) is 26.9 Å². The number of aryl methyl sites for hydroxylation is 3. The average molecular weight is 374 g/mol. The largest absolute Gasteiger partial charge is 0.330 e. The summed E-state index contributed by atoms with van der Waals surface area (Å²) in [5, 5.41) is 7.09. The molecular formula is C22H22N4O2.